The van der Waals surface area contributed by atoms with E-state index in [1.807, 2.05) is 42.5 Å². The van der Waals surface area contributed by atoms with Crippen LogP contribution >= 0.6 is 11.8 Å². The number of hydrogen-bond acceptors (Lipinski definition) is 5. The highest BCUT2D eigenvalue weighted by molar-refractivity contribution is 8.00. The topological polar surface area (TPSA) is 81.5 Å². The number of nitro benzene ring substituents is 1. The van der Waals surface area contributed by atoms with Gasteiger partial charge < -0.3 is 10.1 Å². The Morgan fingerprint density at radius 2 is 1.84 bits per heavy atom. The Bertz CT molecular complexity index is 1100. The van der Waals surface area contributed by atoms with E-state index in [-0.39, 0.29) is 23.8 Å². The maximum atomic E-state index is 12.8. The molecular formula is C21H17F3N2O4S. The van der Waals surface area contributed by atoms with Crippen LogP contribution in [0.5, 0.6) is 5.75 Å². The Morgan fingerprint density at radius 3 is 2.58 bits per heavy atom. The SMILES string of the molecule is O=C(CSc1ccc(C(F)(F)F)cc1[N+](=O)[O-])NCCOc1cccc2ccccc12. The van der Waals surface area contributed by atoms with E-state index in [0.717, 1.165) is 34.7 Å². The summed E-state index contributed by atoms with van der Waals surface area (Å²) in [5, 5.41) is 15.7. The van der Waals surface area contributed by atoms with Gasteiger partial charge in [0.15, 0.2) is 0 Å². The van der Waals surface area contributed by atoms with Crippen molar-refractivity contribution in [2.45, 2.75) is 11.1 Å². The number of nitrogens with one attached hydrogen (secondary N) is 1. The van der Waals surface area contributed by atoms with Crippen molar-refractivity contribution in [2.75, 3.05) is 18.9 Å². The van der Waals surface area contributed by atoms with Crippen molar-refractivity contribution in [2.24, 2.45) is 0 Å². The molecule has 10 heteroatoms. The predicted octanol–water partition coefficient (Wildman–Crippen LogP) is 5.05. The summed E-state index contributed by atoms with van der Waals surface area (Å²) >= 11 is 0.797. The van der Waals surface area contributed by atoms with Crippen LogP contribution < -0.4 is 10.1 Å². The van der Waals surface area contributed by atoms with Crippen molar-refractivity contribution < 1.29 is 27.6 Å². The zero-order chi connectivity index (χ0) is 22.4. The number of benzene rings is 3. The second kappa shape index (κ2) is 9.69. The summed E-state index contributed by atoms with van der Waals surface area (Å²) in [4.78, 5) is 22.2. The molecule has 0 unspecified atom stereocenters. The minimum Gasteiger partial charge on any atom is -0.491 e. The Hall–Kier alpha value is -3.27. The minimum absolute atomic E-state index is 0.0137. The second-order valence-corrected chi connectivity index (χ2v) is 7.42. The van der Waals surface area contributed by atoms with Crippen LogP contribution in [0, 0.1) is 10.1 Å². The summed E-state index contributed by atoms with van der Waals surface area (Å²) in [7, 11) is 0. The molecule has 3 rings (SSSR count). The summed E-state index contributed by atoms with van der Waals surface area (Å²) in [6, 6.07) is 15.6. The van der Waals surface area contributed by atoms with E-state index in [0.29, 0.717) is 11.8 Å². The zero-order valence-electron chi connectivity index (χ0n) is 16.0. The summed E-state index contributed by atoms with van der Waals surface area (Å²) in [5.41, 5.74) is -1.80. The number of ether oxygens (including phenoxy) is 1. The molecule has 0 fully saturated rings. The monoisotopic (exact) mass is 450 g/mol. The Kier molecular flexibility index (Phi) is 7.01. The van der Waals surface area contributed by atoms with Gasteiger partial charge in [-0.1, -0.05) is 36.4 Å². The highest BCUT2D eigenvalue weighted by Crippen LogP contribution is 2.36. The molecule has 0 spiro atoms. The van der Waals surface area contributed by atoms with E-state index in [9.17, 15) is 28.1 Å². The number of thioether (sulfide) groups is 1. The number of carbonyl (C=O) groups excluding carboxylic acids is 1. The average molecular weight is 450 g/mol. The molecule has 31 heavy (non-hydrogen) atoms. The first-order valence-electron chi connectivity index (χ1n) is 9.11. The average Bonchev–Trinajstić information content (AvgIpc) is 2.74. The maximum absolute atomic E-state index is 12.8. The normalized spacial score (nSPS) is 11.3. The fourth-order valence-electron chi connectivity index (χ4n) is 2.83. The van der Waals surface area contributed by atoms with Crippen molar-refractivity contribution in [3.8, 4) is 5.75 Å². The molecule has 0 aliphatic heterocycles. The van der Waals surface area contributed by atoms with Gasteiger partial charge in [0.25, 0.3) is 5.69 Å². The number of fused-ring (bicyclic) bond motifs is 1. The minimum atomic E-state index is -4.69. The van der Waals surface area contributed by atoms with Gasteiger partial charge in [-0.05, 0) is 23.6 Å². The standard InChI is InChI=1S/C21H17F3N2O4S/c22-21(23,24)15-8-9-19(17(12-15)26(28)29)31-13-20(27)25-10-11-30-18-7-3-5-14-4-1-2-6-16(14)18/h1-9,12H,10-11,13H2,(H,25,27). The number of rotatable bonds is 8. The van der Waals surface area contributed by atoms with Gasteiger partial charge in [-0.2, -0.15) is 13.2 Å². The van der Waals surface area contributed by atoms with E-state index in [1.165, 1.54) is 0 Å². The van der Waals surface area contributed by atoms with Crippen LogP contribution in [-0.4, -0.2) is 29.7 Å². The van der Waals surface area contributed by atoms with Crippen molar-refractivity contribution in [1.29, 1.82) is 0 Å². The third kappa shape index (κ3) is 5.88. The second-order valence-electron chi connectivity index (χ2n) is 6.40. The van der Waals surface area contributed by atoms with Crippen LogP contribution in [0.3, 0.4) is 0 Å². The van der Waals surface area contributed by atoms with Crippen LogP contribution in [0.1, 0.15) is 5.56 Å². The molecule has 0 saturated carbocycles. The van der Waals surface area contributed by atoms with Gasteiger partial charge in [-0.25, -0.2) is 0 Å². The Labute approximate surface area is 179 Å². The summed E-state index contributed by atoms with van der Waals surface area (Å²) in [6.45, 7) is 0.419. The van der Waals surface area contributed by atoms with Gasteiger partial charge in [0.05, 0.1) is 27.7 Å². The Morgan fingerprint density at radius 1 is 1.10 bits per heavy atom. The fourth-order valence-corrected chi connectivity index (χ4v) is 3.66. The zero-order valence-corrected chi connectivity index (χ0v) is 16.8. The third-order valence-electron chi connectivity index (χ3n) is 4.27. The molecule has 0 radical (unpaired) electrons. The number of amides is 1. The molecule has 162 valence electrons. The molecule has 6 nitrogen and oxygen atoms in total. The van der Waals surface area contributed by atoms with E-state index in [2.05, 4.69) is 5.32 Å². The van der Waals surface area contributed by atoms with Gasteiger partial charge in [0.2, 0.25) is 5.91 Å². The lowest BCUT2D eigenvalue weighted by Crippen LogP contribution is -2.29. The lowest BCUT2D eigenvalue weighted by atomic mass is 10.1. The van der Waals surface area contributed by atoms with Gasteiger partial charge in [-0.3, -0.25) is 14.9 Å². The molecule has 0 aromatic heterocycles. The number of nitro groups is 1. The highest BCUT2D eigenvalue weighted by atomic mass is 32.2. The predicted molar refractivity (Wildman–Crippen MR) is 111 cm³/mol. The van der Waals surface area contributed by atoms with Gasteiger partial charge in [0.1, 0.15) is 12.4 Å². The first-order chi connectivity index (χ1) is 14.8. The molecule has 1 amide bonds. The summed E-state index contributed by atoms with van der Waals surface area (Å²) < 4.78 is 44.0. The molecule has 0 aliphatic carbocycles. The van der Waals surface area contributed by atoms with Crippen molar-refractivity contribution in [3.05, 3.63) is 76.3 Å². The first kappa shape index (κ1) is 22.4. The van der Waals surface area contributed by atoms with Crippen molar-refractivity contribution in [3.63, 3.8) is 0 Å². The largest absolute Gasteiger partial charge is 0.491 e. The molecule has 0 saturated heterocycles. The van der Waals surface area contributed by atoms with Gasteiger partial charge in [0, 0.05) is 11.5 Å². The Balaban J connectivity index is 1.51. The lowest BCUT2D eigenvalue weighted by Gasteiger charge is -2.10. The van der Waals surface area contributed by atoms with Crippen LogP contribution in [0.4, 0.5) is 18.9 Å². The van der Waals surface area contributed by atoms with E-state index >= 15 is 0 Å². The highest BCUT2D eigenvalue weighted by Gasteiger charge is 2.33. The molecule has 0 atom stereocenters. The van der Waals surface area contributed by atoms with Crippen LogP contribution in [0.15, 0.2) is 65.6 Å². The molecular weight excluding hydrogens is 433 g/mol. The van der Waals surface area contributed by atoms with Gasteiger partial charge >= 0.3 is 6.18 Å². The van der Waals surface area contributed by atoms with Crippen molar-refractivity contribution in [1.82, 2.24) is 5.32 Å². The number of carbonyl (C=O) groups is 1. The number of hydrogen-bond donors (Lipinski definition) is 1. The quantitative estimate of drug-likeness (QED) is 0.225. The molecule has 0 bridgehead atoms. The molecule has 3 aromatic carbocycles. The third-order valence-corrected chi connectivity index (χ3v) is 5.34. The van der Waals surface area contributed by atoms with Crippen LogP contribution in [0.25, 0.3) is 10.8 Å². The maximum Gasteiger partial charge on any atom is 0.416 e. The van der Waals surface area contributed by atoms with E-state index < -0.39 is 28.3 Å². The summed E-state index contributed by atoms with van der Waals surface area (Å²) in [6.07, 6.45) is -4.69. The molecule has 3 aromatic rings. The van der Waals surface area contributed by atoms with E-state index in [4.69, 9.17) is 4.74 Å². The van der Waals surface area contributed by atoms with Crippen LogP contribution in [0.2, 0.25) is 0 Å². The van der Waals surface area contributed by atoms with E-state index in [1.54, 1.807) is 0 Å². The van der Waals surface area contributed by atoms with Gasteiger partial charge in [-0.15, -0.1) is 11.8 Å². The molecule has 0 aliphatic rings. The number of halogens is 3. The number of alkyl halides is 3. The first-order valence-corrected chi connectivity index (χ1v) is 10.1. The van der Waals surface area contributed by atoms with Crippen LogP contribution in [-0.2, 0) is 11.0 Å². The molecule has 1 N–H and O–H groups in total. The lowest BCUT2D eigenvalue weighted by molar-refractivity contribution is -0.388. The van der Waals surface area contributed by atoms with Crippen molar-refractivity contribution >= 4 is 34.1 Å². The summed E-state index contributed by atoms with van der Waals surface area (Å²) in [5.74, 6) is 0.0864. The number of nitrogens with zero attached hydrogens (tertiary/aromatic N) is 1. The fraction of sp³-hybridized carbons (Fsp3) is 0.190. The molecule has 0 heterocycles. The smallest absolute Gasteiger partial charge is 0.416 e.